The molecule has 0 heterocycles. The summed E-state index contributed by atoms with van der Waals surface area (Å²) in [5.74, 6) is -1.76. The van der Waals surface area contributed by atoms with Gasteiger partial charge in [0.1, 0.15) is 0 Å². The van der Waals surface area contributed by atoms with Crippen LogP contribution in [-0.2, 0) is 14.4 Å². The number of carbonyl (C=O) groups is 5. The third-order valence-electron chi connectivity index (χ3n) is 8.81. The first-order valence-electron chi connectivity index (χ1n) is 17.2. The number of hydrogen-bond acceptors (Lipinski definition) is 5. The molecule has 1 aromatic rings. The summed E-state index contributed by atoms with van der Waals surface area (Å²) in [5, 5.41) is 14.3. The largest absolute Gasteiger partial charge is 0.349 e. The number of anilines is 1. The van der Waals surface area contributed by atoms with E-state index in [1.165, 1.54) is 18.2 Å². The molecule has 0 aliphatic carbocycles. The Labute approximate surface area is 296 Å². The fourth-order valence-electron chi connectivity index (χ4n) is 5.74. The van der Waals surface area contributed by atoms with Gasteiger partial charge >= 0.3 is 0 Å². The second-order valence-corrected chi connectivity index (χ2v) is 14.9. The first-order valence-corrected chi connectivity index (χ1v) is 18.7. The van der Waals surface area contributed by atoms with Crippen LogP contribution in [0, 0.1) is 11.3 Å². The predicted octanol–water partition coefficient (Wildman–Crippen LogP) is 6.52. The molecule has 11 heteroatoms. The molecule has 1 rings (SSSR count). The van der Waals surface area contributed by atoms with Gasteiger partial charge in [0.25, 0.3) is 11.8 Å². The molecule has 0 bridgehead atoms. The molecule has 0 aliphatic rings. The van der Waals surface area contributed by atoms with Crippen LogP contribution in [-0.4, -0.2) is 58.1 Å². The van der Waals surface area contributed by atoms with Crippen molar-refractivity contribution < 1.29 is 24.0 Å². The Hall–Kier alpha value is -2.70. The number of halogens is 1. The lowest BCUT2D eigenvalue weighted by atomic mass is 9.76. The Balaban J connectivity index is 3.15. The lowest BCUT2D eigenvalue weighted by molar-refractivity contribution is -0.123. The minimum Gasteiger partial charge on any atom is -0.349 e. The van der Waals surface area contributed by atoms with Gasteiger partial charge in [0.15, 0.2) is 0 Å². The van der Waals surface area contributed by atoms with E-state index in [-0.39, 0.29) is 70.0 Å². The average Bonchev–Trinajstić information content (AvgIpc) is 3.01. The number of rotatable bonds is 20. The summed E-state index contributed by atoms with van der Waals surface area (Å²) in [6.45, 7) is 18.2. The smallest absolute Gasteiger partial charge is 0.251 e. The molecule has 5 amide bonds. The molecular weight excluding hydrogens is 709 g/mol. The van der Waals surface area contributed by atoms with Gasteiger partial charge in [-0.15, -0.1) is 0 Å². The summed E-state index contributed by atoms with van der Waals surface area (Å²) in [6, 6.07) is 4.37. The first kappa shape index (κ1) is 42.3. The zero-order valence-electron chi connectivity index (χ0n) is 30.2. The van der Waals surface area contributed by atoms with Crippen molar-refractivity contribution in [2.45, 2.75) is 131 Å². The van der Waals surface area contributed by atoms with Gasteiger partial charge in [-0.1, -0.05) is 104 Å². The van der Waals surface area contributed by atoms with E-state index in [1.54, 1.807) is 0 Å². The van der Waals surface area contributed by atoms with Crippen LogP contribution in [0.25, 0.3) is 0 Å². The fraction of sp³-hybridized carbons (Fsp3) is 0.694. The second kappa shape index (κ2) is 20.0. The molecule has 0 aromatic heterocycles. The minimum atomic E-state index is -0.565. The number of unbranched alkanes of at least 4 members (excludes halogenated alkanes) is 3. The fourth-order valence-corrected chi connectivity index (χ4v) is 7.35. The molecular formula is C36H60IN5O5. The van der Waals surface area contributed by atoms with Crippen molar-refractivity contribution in [1.29, 1.82) is 0 Å². The maximum atomic E-state index is 13.3. The van der Waals surface area contributed by atoms with Gasteiger partial charge in [-0.2, -0.15) is 0 Å². The Morgan fingerprint density at radius 1 is 0.723 bits per heavy atom. The summed E-state index contributed by atoms with van der Waals surface area (Å²) in [5.41, 5.74) is -0.267. The van der Waals surface area contributed by atoms with Crippen LogP contribution in [0.3, 0.4) is 0 Å². The Bertz CT molecular complexity index is 1200. The summed E-state index contributed by atoms with van der Waals surface area (Å²) in [7, 11) is 0. The van der Waals surface area contributed by atoms with Crippen LogP contribution >= 0.6 is 22.6 Å². The highest BCUT2D eigenvalue weighted by atomic mass is 127. The summed E-state index contributed by atoms with van der Waals surface area (Å²) in [4.78, 5) is 65.0. The molecule has 0 saturated heterocycles. The zero-order chi connectivity index (χ0) is 35.8. The van der Waals surface area contributed by atoms with Crippen molar-refractivity contribution in [1.82, 2.24) is 21.3 Å². The van der Waals surface area contributed by atoms with Crippen molar-refractivity contribution in [3.05, 3.63) is 29.3 Å². The predicted molar refractivity (Wildman–Crippen MR) is 199 cm³/mol. The molecule has 0 aliphatic heterocycles. The van der Waals surface area contributed by atoms with E-state index in [9.17, 15) is 24.0 Å². The highest BCUT2D eigenvalue weighted by Crippen LogP contribution is 2.32. The molecule has 0 spiro atoms. The number of alkyl halides is 1. The lowest BCUT2D eigenvalue weighted by Gasteiger charge is -2.38. The number of benzene rings is 1. The van der Waals surface area contributed by atoms with Crippen molar-refractivity contribution in [3.8, 4) is 0 Å². The van der Waals surface area contributed by atoms with E-state index in [0.717, 1.165) is 55.8 Å². The van der Waals surface area contributed by atoms with E-state index in [4.69, 9.17) is 0 Å². The Kier molecular flexibility index (Phi) is 18.0. The second-order valence-electron chi connectivity index (χ2n) is 14.1. The molecule has 47 heavy (non-hydrogen) atoms. The van der Waals surface area contributed by atoms with Gasteiger partial charge in [-0.25, -0.2) is 0 Å². The molecule has 1 unspecified atom stereocenters. The molecule has 0 saturated carbocycles. The maximum absolute atomic E-state index is 13.3. The van der Waals surface area contributed by atoms with E-state index >= 15 is 0 Å². The quantitative estimate of drug-likeness (QED) is 0.0583. The summed E-state index contributed by atoms with van der Waals surface area (Å²) < 4.78 is 0.726. The van der Waals surface area contributed by atoms with E-state index < -0.39 is 11.8 Å². The molecule has 266 valence electrons. The van der Waals surface area contributed by atoms with Crippen LogP contribution in [0.4, 0.5) is 5.69 Å². The highest BCUT2D eigenvalue weighted by Gasteiger charge is 2.34. The Morgan fingerprint density at radius 3 is 1.68 bits per heavy atom. The molecule has 10 nitrogen and oxygen atoms in total. The van der Waals surface area contributed by atoms with Crippen molar-refractivity contribution in [2.24, 2.45) is 11.3 Å². The molecule has 1 atom stereocenters. The van der Waals surface area contributed by atoms with Crippen molar-refractivity contribution in [2.75, 3.05) is 22.8 Å². The highest BCUT2D eigenvalue weighted by molar-refractivity contribution is 14.1. The number of nitrogens with one attached hydrogen (secondary N) is 5. The third-order valence-corrected chi connectivity index (χ3v) is 10.2. The van der Waals surface area contributed by atoms with E-state index in [0.29, 0.717) is 6.42 Å². The Morgan fingerprint density at radius 2 is 1.26 bits per heavy atom. The monoisotopic (exact) mass is 769 g/mol. The number of amides is 5. The number of carbonyl (C=O) groups excluding carboxylic acids is 5. The van der Waals surface area contributed by atoms with Gasteiger partial charge < -0.3 is 26.6 Å². The van der Waals surface area contributed by atoms with Crippen LogP contribution in [0.15, 0.2) is 18.2 Å². The van der Waals surface area contributed by atoms with E-state index in [2.05, 4.69) is 90.7 Å². The van der Waals surface area contributed by atoms with Crippen LogP contribution in [0.2, 0.25) is 0 Å². The minimum absolute atomic E-state index is 0.00426. The number of hydrogen-bond donors (Lipinski definition) is 5. The zero-order valence-corrected chi connectivity index (χ0v) is 32.4. The van der Waals surface area contributed by atoms with Gasteiger partial charge in [0.2, 0.25) is 17.7 Å². The van der Waals surface area contributed by atoms with Crippen molar-refractivity contribution >= 4 is 57.8 Å². The van der Waals surface area contributed by atoms with Gasteiger partial charge in [0, 0.05) is 33.2 Å². The van der Waals surface area contributed by atoms with E-state index in [1.807, 2.05) is 20.8 Å². The van der Waals surface area contributed by atoms with Crippen LogP contribution < -0.4 is 26.6 Å². The maximum Gasteiger partial charge on any atom is 0.251 e. The van der Waals surface area contributed by atoms with Gasteiger partial charge in [0.05, 0.1) is 18.6 Å². The molecule has 0 radical (unpaired) electrons. The summed E-state index contributed by atoms with van der Waals surface area (Å²) >= 11 is 2.26. The van der Waals surface area contributed by atoms with Gasteiger partial charge in [-0.05, 0) is 61.6 Å². The normalized spacial score (nSPS) is 13.0. The third kappa shape index (κ3) is 14.5. The van der Waals surface area contributed by atoms with Gasteiger partial charge in [-0.3, -0.25) is 24.0 Å². The SMILES string of the molecule is CCCCCCC(=O)Nc1cc(C(=O)NCC(=O)NC(CC)(CC)CC(C)(C)C)cc(C(=O)NCC(=O)NC(CC)(CI)C(C)C)c1. The molecule has 5 N–H and O–H groups in total. The average molecular weight is 770 g/mol. The molecule has 0 fully saturated rings. The van der Waals surface area contributed by atoms with Crippen LogP contribution in [0.1, 0.15) is 141 Å². The standard InChI is InChI=1S/C36H60IN5O5/c1-10-14-15-16-17-29(43)40-28-19-26(32(46)38-21-30(44)41-35(11-2,12-3)23-34(7,8)9)18-27(20-28)33(47)39-22-31(45)42-36(13-4,24-37)25(5)6/h18-20,25H,10-17,21-24H2,1-9H3,(H,38,46)(H,39,47)(H,40,43)(H,41,44)(H,42,45). The first-order chi connectivity index (χ1) is 22.0. The topological polar surface area (TPSA) is 146 Å². The lowest BCUT2D eigenvalue weighted by Crippen LogP contribution is -2.55. The van der Waals surface area contributed by atoms with Crippen molar-refractivity contribution in [3.63, 3.8) is 0 Å². The summed E-state index contributed by atoms with van der Waals surface area (Å²) in [6.07, 6.45) is 7.12. The van der Waals surface area contributed by atoms with Crippen LogP contribution in [0.5, 0.6) is 0 Å². The molecule has 1 aromatic carbocycles.